The van der Waals surface area contributed by atoms with Crippen LogP contribution in [0.15, 0.2) is 24.3 Å². The van der Waals surface area contributed by atoms with Gasteiger partial charge in [-0.05, 0) is 64.7 Å². The van der Waals surface area contributed by atoms with Crippen LogP contribution in [-0.2, 0) is 19.1 Å². The van der Waals surface area contributed by atoms with E-state index in [1.165, 1.54) is 0 Å². The third kappa shape index (κ3) is 5.02. The smallest absolute Gasteiger partial charge is 0.329 e. The molecule has 34 heavy (non-hydrogen) atoms. The molecule has 9 heteroatoms. The van der Waals surface area contributed by atoms with Gasteiger partial charge in [-0.25, -0.2) is 4.79 Å². The molecule has 2 aliphatic heterocycles. The first-order chi connectivity index (χ1) is 16.1. The van der Waals surface area contributed by atoms with E-state index in [1.807, 2.05) is 0 Å². The number of rotatable bonds is 6. The van der Waals surface area contributed by atoms with Gasteiger partial charge in [0.1, 0.15) is 30.0 Å². The first-order valence-electron chi connectivity index (χ1n) is 11.9. The summed E-state index contributed by atoms with van der Waals surface area (Å²) >= 11 is 0. The fourth-order valence-corrected chi connectivity index (χ4v) is 4.64. The summed E-state index contributed by atoms with van der Waals surface area (Å²) in [6.07, 6.45) is 2.71. The van der Waals surface area contributed by atoms with Crippen molar-refractivity contribution in [1.29, 1.82) is 5.26 Å². The van der Waals surface area contributed by atoms with Crippen molar-refractivity contribution in [3.05, 3.63) is 29.8 Å². The van der Waals surface area contributed by atoms with E-state index < -0.39 is 29.2 Å². The number of likely N-dealkylation sites (tertiary alicyclic amines) is 1. The number of nitriles is 1. The lowest BCUT2D eigenvalue weighted by molar-refractivity contribution is -0.165. The Morgan fingerprint density at radius 1 is 1.29 bits per heavy atom. The summed E-state index contributed by atoms with van der Waals surface area (Å²) in [4.78, 5) is 43.1. The lowest BCUT2D eigenvalue weighted by Gasteiger charge is -2.40. The number of piperazine rings is 1. The topological polar surface area (TPSA) is 112 Å². The first-order valence-corrected chi connectivity index (χ1v) is 11.9. The van der Waals surface area contributed by atoms with Gasteiger partial charge in [-0.1, -0.05) is 6.07 Å². The van der Waals surface area contributed by atoms with Gasteiger partial charge in [-0.15, -0.1) is 0 Å². The summed E-state index contributed by atoms with van der Waals surface area (Å²) < 4.78 is 11.5. The third-order valence-corrected chi connectivity index (χ3v) is 6.48. The van der Waals surface area contributed by atoms with Crippen LogP contribution in [0, 0.1) is 11.3 Å². The van der Waals surface area contributed by atoms with Crippen LogP contribution in [0.4, 0.5) is 0 Å². The quantitative estimate of drug-likeness (QED) is 0.631. The van der Waals surface area contributed by atoms with Crippen molar-refractivity contribution in [3.63, 3.8) is 0 Å². The zero-order chi connectivity index (χ0) is 24.5. The minimum Gasteiger partial charge on any atom is -0.491 e. The highest BCUT2D eigenvalue weighted by atomic mass is 16.6. The molecule has 0 aromatic heterocycles. The molecule has 1 N–H and O–H groups in total. The van der Waals surface area contributed by atoms with Gasteiger partial charge in [0, 0.05) is 19.6 Å². The van der Waals surface area contributed by atoms with E-state index in [1.54, 1.807) is 54.8 Å². The molecule has 2 atom stereocenters. The maximum atomic E-state index is 13.8. The van der Waals surface area contributed by atoms with Crippen LogP contribution in [-0.4, -0.2) is 77.0 Å². The van der Waals surface area contributed by atoms with Crippen molar-refractivity contribution in [2.45, 2.75) is 69.7 Å². The van der Waals surface area contributed by atoms with Gasteiger partial charge in [0.05, 0.1) is 17.2 Å². The number of nitrogens with one attached hydrogen (secondary N) is 1. The molecule has 9 nitrogen and oxygen atoms in total. The molecule has 182 valence electrons. The van der Waals surface area contributed by atoms with E-state index in [9.17, 15) is 14.4 Å². The second kappa shape index (κ2) is 9.26. The molecule has 1 aromatic rings. The monoisotopic (exact) mass is 468 g/mol. The molecule has 0 bridgehead atoms. The largest absolute Gasteiger partial charge is 0.491 e. The van der Waals surface area contributed by atoms with E-state index in [0.29, 0.717) is 43.8 Å². The zero-order valence-corrected chi connectivity index (χ0v) is 20.0. The number of nitrogens with zero attached hydrogens (tertiary/aromatic N) is 3. The zero-order valence-electron chi connectivity index (χ0n) is 20.0. The molecule has 3 aliphatic rings. The molecule has 1 aliphatic carbocycles. The fraction of sp³-hybridized carbons (Fsp3) is 0.600. The van der Waals surface area contributed by atoms with E-state index in [2.05, 4.69) is 11.4 Å². The maximum absolute atomic E-state index is 13.8. The molecular formula is C25H32N4O5. The van der Waals surface area contributed by atoms with E-state index in [-0.39, 0.29) is 18.4 Å². The summed E-state index contributed by atoms with van der Waals surface area (Å²) in [5.74, 6) is -0.383. The van der Waals surface area contributed by atoms with Crippen molar-refractivity contribution in [2.24, 2.45) is 0 Å². The number of amides is 2. The van der Waals surface area contributed by atoms with Crippen LogP contribution >= 0.6 is 0 Å². The normalized spacial score (nSPS) is 22.3. The van der Waals surface area contributed by atoms with Crippen LogP contribution in [0.2, 0.25) is 0 Å². The minimum atomic E-state index is -0.874. The summed E-state index contributed by atoms with van der Waals surface area (Å²) in [5, 5.41) is 12.5. The van der Waals surface area contributed by atoms with Crippen LogP contribution in [0.3, 0.4) is 0 Å². The van der Waals surface area contributed by atoms with Crippen LogP contribution < -0.4 is 10.1 Å². The number of benzene rings is 1. The van der Waals surface area contributed by atoms with Crippen LogP contribution in [0.5, 0.6) is 5.75 Å². The lowest BCUT2D eigenvalue weighted by Crippen LogP contribution is -2.64. The highest BCUT2D eigenvalue weighted by molar-refractivity contribution is 5.96. The SMILES string of the molecule is CC(C)(C)OC(=O)[C@@H]1CCCN1C(=O)[C@H](COc1cccc(C#N)c1)N1CCNC2(CC2)C1=O. The van der Waals surface area contributed by atoms with Gasteiger partial charge in [-0.3, -0.25) is 9.59 Å². The Morgan fingerprint density at radius 2 is 2.06 bits per heavy atom. The Morgan fingerprint density at radius 3 is 2.74 bits per heavy atom. The van der Waals surface area contributed by atoms with Crippen molar-refractivity contribution in [3.8, 4) is 11.8 Å². The molecule has 4 rings (SSSR count). The van der Waals surface area contributed by atoms with Gasteiger partial charge >= 0.3 is 5.97 Å². The van der Waals surface area contributed by atoms with Crippen molar-refractivity contribution < 1.29 is 23.9 Å². The summed E-state index contributed by atoms with van der Waals surface area (Å²) in [6, 6.07) is 7.21. The van der Waals surface area contributed by atoms with Gasteiger partial charge in [0.2, 0.25) is 11.8 Å². The molecule has 2 saturated heterocycles. The van der Waals surface area contributed by atoms with Gasteiger partial charge < -0.3 is 24.6 Å². The number of ether oxygens (including phenoxy) is 2. The van der Waals surface area contributed by atoms with Crippen molar-refractivity contribution in [1.82, 2.24) is 15.1 Å². The second-order valence-corrected chi connectivity index (χ2v) is 10.2. The highest BCUT2D eigenvalue weighted by Gasteiger charge is 2.55. The fourth-order valence-electron chi connectivity index (χ4n) is 4.64. The maximum Gasteiger partial charge on any atom is 0.329 e. The van der Waals surface area contributed by atoms with Crippen molar-refractivity contribution >= 4 is 17.8 Å². The average molecular weight is 469 g/mol. The van der Waals surface area contributed by atoms with E-state index in [4.69, 9.17) is 14.7 Å². The predicted molar refractivity (Wildman–Crippen MR) is 123 cm³/mol. The number of hydrogen-bond donors (Lipinski definition) is 1. The summed E-state index contributed by atoms with van der Waals surface area (Å²) in [6.45, 7) is 6.73. The Labute approximate surface area is 200 Å². The lowest BCUT2D eigenvalue weighted by atomic mass is 10.1. The highest BCUT2D eigenvalue weighted by Crippen LogP contribution is 2.39. The molecule has 2 amide bonds. The predicted octanol–water partition coefficient (Wildman–Crippen LogP) is 1.60. The van der Waals surface area contributed by atoms with Gasteiger partial charge in [0.15, 0.2) is 0 Å². The van der Waals surface area contributed by atoms with Gasteiger partial charge in [-0.2, -0.15) is 5.26 Å². The van der Waals surface area contributed by atoms with Gasteiger partial charge in [0.25, 0.3) is 0 Å². The minimum absolute atomic E-state index is 0.0624. The number of hydrogen-bond acceptors (Lipinski definition) is 7. The molecule has 3 fully saturated rings. The summed E-state index contributed by atoms with van der Waals surface area (Å²) in [5.41, 5.74) is -0.789. The molecule has 1 aromatic carbocycles. The number of carbonyl (C=O) groups excluding carboxylic acids is 3. The molecule has 0 radical (unpaired) electrons. The van der Waals surface area contributed by atoms with Crippen LogP contribution in [0.1, 0.15) is 52.0 Å². The Balaban J connectivity index is 1.56. The number of esters is 1. The summed E-state index contributed by atoms with van der Waals surface area (Å²) in [7, 11) is 0. The number of carbonyl (C=O) groups is 3. The molecule has 0 unspecified atom stereocenters. The molecule has 1 spiro atoms. The average Bonchev–Trinajstić information content (AvgIpc) is 3.38. The molecule has 1 saturated carbocycles. The Bertz CT molecular complexity index is 1010. The second-order valence-electron chi connectivity index (χ2n) is 10.2. The van der Waals surface area contributed by atoms with E-state index >= 15 is 0 Å². The third-order valence-electron chi connectivity index (χ3n) is 6.48. The standard InChI is InChI=1S/C25H32N4O5/c1-24(2,3)34-22(31)19-8-5-12-28(19)21(30)20(16-33-18-7-4-6-17(14-18)15-26)29-13-11-27-25(9-10-25)23(29)32/h4,6-7,14,19-20,27H,5,8-13,16H2,1-3H3/t19-,20-/m0/s1. The van der Waals surface area contributed by atoms with Crippen molar-refractivity contribution in [2.75, 3.05) is 26.2 Å². The Kier molecular flexibility index (Phi) is 6.54. The molecular weight excluding hydrogens is 436 g/mol. The Hall–Kier alpha value is -3.12. The van der Waals surface area contributed by atoms with Crippen LogP contribution in [0.25, 0.3) is 0 Å². The van der Waals surface area contributed by atoms with E-state index in [0.717, 1.165) is 12.8 Å². The first kappa shape index (κ1) is 24.0. The molecule has 2 heterocycles.